The van der Waals surface area contributed by atoms with Gasteiger partial charge in [0.05, 0.1) is 12.2 Å². The maximum Gasteiger partial charge on any atom is 0.384 e. The SMILES string of the molecule is CCOC(=O)C#Cc1ccc(F)cc1F. The van der Waals surface area contributed by atoms with Crippen molar-refractivity contribution in [3.8, 4) is 11.8 Å². The highest BCUT2D eigenvalue weighted by molar-refractivity contribution is 5.89. The summed E-state index contributed by atoms with van der Waals surface area (Å²) < 4.78 is 30.0. The molecule has 1 aromatic carbocycles. The fraction of sp³-hybridized carbons (Fsp3) is 0.182. The number of hydrogen-bond donors (Lipinski definition) is 0. The molecule has 0 bridgehead atoms. The molecule has 1 rings (SSSR count). The predicted octanol–water partition coefficient (Wildman–Crippen LogP) is 1.88. The number of carbonyl (C=O) groups is 1. The van der Waals surface area contributed by atoms with E-state index in [-0.39, 0.29) is 12.2 Å². The standard InChI is InChI=1S/C11H8F2O2/c1-2-15-11(14)6-4-8-3-5-9(12)7-10(8)13/h3,5,7H,2H2,1H3. The van der Waals surface area contributed by atoms with Crippen LogP contribution < -0.4 is 0 Å². The Kier molecular flexibility index (Phi) is 3.81. The van der Waals surface area contributed by atoms with Gasteiger partial charge in [0.25, 0.3) is 0 Å². The zero-order chi connectivity index (χ0) is 11.3. The zero-order valence-electron chi connectivity index (χ0n) is 8.01. The summed E-state index contributed by atoms with van der Waals surface area (Å²) in [5.41, 5.74) is -0.0375. The molecule has 0 N–H and O–H groups in total. The lowest BCUT2D eigenvalue weighted by atomic mass is 10.2. The summed E-state index contributed by atoms with van der Waals surface area (Å²) in [7, 11) is 0. The van der Waals surface area contributed by atoms with E-state index in [1.807, 2.05) is 0 Å². The molecule has 0 aliphatic heterocycles. The van der Waals surface area contributed by atoms with Crippen LogP contribution in [0.15, 0.2) is 18.2 Å². The van der Waals surface area contributed by atoms with Crippen molar-refractivity contribution in [2.45, 2.75) is 6.92 Å². The van der Waals surface area contributed by atoms with Crippen LogP contribution in [0.5, 0.6) is 0 Å². The summed E-state index contributed by atoms with van der Waals surface area (Å²) in [6.45, 7) is 1.84. The van der Waals surface area contributed by atoms with Gasteiger partial charge in [-0.25, -0.2) is 13.6 Å². The van der Waals surface area contributed by atoms with E-state index in [9.17, 15) is 13.6 Å². The molecule has 78 valence electrons. The van der Waals surface area contributed by atoms with Crippen LogP contribution in [0.4, 0.5) is 8.78 Å². The maximum absolute atomic E-state index is 13.0. The second-order valence-electron chi connectivity index (χ2n) is 2.59. The Balaban J connectivity index is 2.84. The fourth-order valence-corrected chi connectivity index (χ4v) is 0.876. The Bertz CT molecular complexity index is 430. The van der Waals surface area contributed by atoms with Crippen molar-refractivity contribution in [1.82, 2.24) is 0 Å². The van der Waals surface area contributed by atoms with Crippen LogP contribution in [0.25, 0.3) is 0 Å². The number of benzene rings is 1. The fourth-order valence-electron chi connectivity index (χ4n) is 0.876. The molecule has 0 radical (unpaired) electrons. The number of rotatable bonds is 1. The van der Waals surface area contributed by atoms with Crippen molar-refractivity contribution < 1.29 is 18.3 Å². The Morgan fingerprint density at radius 1 is 1.47 bits per heavy atom. The molecule has 4 heteroatoms. The third-order valence-electron chi connectivity index (χ3n) is 1.51. The average Bonchev–Trinajstić information content (AvgIpc) is 2.17. The van der Waals surface area contributed by atoms with E-state index < -0.39 is 17.6 Å². The molecule has 0 fully saturated rings. The van der Waals surface area contributed by atoms with E-state index in [2.05, 4.69) is 16.6 Å². The first kappa shape index (κ1) is 11.2. The zero-order valence-corrected chi connectivity index (χ0v) is 8.01. The first-order valence-electron chi connectivity index (χ1n) is 4.27. The van der Waals surface area contributed by atoms with Gasteiger partial charge >= 0.3 is 5.97 Å². The highest BCUT2D eigenvalue weighted by Crippen LogP contribution is 2.07. The lowest BCUT2D eigenvalue weighted by Gasteiger charge is -1.94. The Hall–Kier alpha value is -1.89. The van der Waals surface area contributed by atoms with Crippen LogP contribution in [0.3, 0.4) is 0 Å². The molecule has 15 heavy (non-hydrogen) atoms. The van der Waals surface area contributed by atoms with Gasteiger partial charge in [0.2, 0.25) is 0 Å². The lowest BCUT2D eigenvalue weighted by molar-refractivity contribution is -0.136. The van der Waals surface area contributed by atoms with Gasteiger partial charge in [-0.05, 0) is 19.1 Å². The number of ether oxygens (including phenoxy) is 1. The van der Waals surface area contributed by atoms with E-state index in [0.717, 1.165) is 12.1 Å². The quantitative estimate of drug-likeness (QED) is 0.522. The number of carbonyl (C=O) groups excluding carboxylic acids is 1. The molecule has 0 aromatic heterocycles. The predicted molar refractivity (Wildman–Crippen MR) is 49.9 cm³/mol. The minimum atomic E-state index is -0.799. The molecule has 0 aliphatic rings. The topological polar surface area (TPSA) is 26.3 Å². The molecule has 0 heterocycles. The van der Waals surface area contributed by atoms with Gasteiger partial charge in [-0.2, -0.15) is 0 Å². The first-order chi connectivity index (χ1) is 7.13. The van der Waals surface area contributed by atoms with Crippen molar-refractivity contribution >= 4 is 5.97 Å². The van der Waals surface area contributed by atoms with Crippen molar-refractivity contribution in [3.05, 3.63) is 35.4 Å². The Labute approximate surface area is 85.9 Å². The average molecular weight is 210 g/mol. The highest BCUT2D eigenvalue weighted by Gasteiger charge is 2.01. The van der Waals surface area contributed by atoms with E-state index in [1.54, 1.807) is 6.92 Å². The minimum Gasteiger partial charge on any atom is -0.456 e. The van der Waals surface area contributed by atoms with Gasteiger partial charge in [-0.3, -0.25) is 0 Å². The molecule has 1 aromatic rings. The first-order valence-corrected chi connectivity index (χ1v) is 4.27. The smallest absolute Gasteiger partial charge is 0.384 e. The Morgan fingerprint density at radius 3 is 2.80 bits per heavy atom. The van der Waals surface area contributed by atoms with E-state index in [4.69, 9.17) is 0 Å². The summed E-state index contributed by atoms with van der Waals surface area (Å²) in [6, 6.07) is 2.93. The minimum absolute atomic E-state index is 0.0375. The second-order valence-corrected chi connectivity index (χ2v) is 2.59. The second kappa shape index (κ2) is 5.11. The molecule has 0 atom stereocenters. The van der Waals surface area contributed by atoms with Gasteiger partial charge in [-0.1, -0.05) is 5.92 Å². The van der Waals surface area contributed by atoms with E-state index in [0.29, 0.717) is 6.07 Å². The maximum atomic E-state index is 13.0. The van der Waals surface area contributed by atoms with Crippen LogP contribution in [-0.4, -0.2) is 12.6 Å². The van der Waals surface area contributed by atoms with Crippen LogP contribution in [0.1, 0.15) is 12.5 Å². The van der Waals surface area contributed by atoms with Crippen LogP contribution in [0, 0.1) is 23.5 Å². The van der Waals surface area contributed by atoms with Crippen molar-refractivity contribution in [1.29, 1.82) is 0 Å². The molecule has 2 nitrogen and oxygen atoms in total. The molecule has 0 saturated carbocycles. The molecule has 0 saturated heterocycles. The van der Waals surface area contributed by atoms with Crippen LogP contribution >= 0.6 is 0 Å². The molecule has 0 amide bonds. The summed E-state index contributed by atoms with van der Waals surface area (Å²) in [6.07, 6.45) is 0. The number of halogens is 2. The number of esters is 1. The monoisotopic (exact) mass is 210 g/mol. The third kappa shape index (κ3) is 3.39. The summed E-state index contributed by atoms with van der Waals surface area (Å²) in [5.74, 6) is 2.12. The summed E-state index contributed by atoms with van der Waals surface area (Å²) in [4.78, 5) is 10.8. The van der Waals surface area contributed by atoms with Gasteiger partial charge in [-0.15, -0.1) is 0 Å². The van der Waals surface area contributed by atoms with Crippen molar-refractivity contribution in [2.75, 3.05) is 6.61 Å². The van der Waals surface area contributed by atoms with Gasteiger partial charge in [0.1, 0.15) is 11.6 Å². The molecule has 0 spiro atoms. The van der Waals surface area contributed by atoms with E-state index in [1.165, 1.54) is 0 Å². The normalized spacial score (nSPS) is 9.00. The molecular weight excluding hydrogens is 202 g/mol. The Morgan fingerprint density at radius 2 is 2.20 bits per heavy atom. The van der Waals surface area contributed by atoms with Crippen molar-refractivity contribution in [2.24, 2.45) is 0 Å². The third-order valence-corrected chi connectivity index (χ3v) is 1.51. The van der Waals surface area contributed by atoms with Gasteiger partial charge in [0, 0.05) is 12.0 Å². The van der Waals surface area contributed by atoms with Crippen LogP contribution in [0.2, 0.25) is 0 Å². The summed E-state index contributed by atoms with van der Waals surface area (Å²) >= 11 is 0. The lowest BCUT2D eigenvalue weighted by Crippen LogP contribution is -1.99. The number of hydrogen-bond acceptors (Lipinski definition) is 2. The van der Waals surface area contributed by atoms with Crippen LogP contribution in [-0.2, 0) is 9.53 Å². The highest BCUT2D eigenvalue weighted by atomic mass is 19.1. The van der Waals surface area contributed by atoms with E-state index >= 15 is 0 Å². The largest absolute Gasteiger partial charge is 0.456 e. The summed E-state index contributed by atoms with van der Waals surface area (Å²) in [5, 5.41) is 0. The molecule has 0 unspecified atom stereocenters. The van der Waals surface area contributed by atoms with Crippen molar-refractivity contribution in [3.63, 3.8) is 0 Å². The molecular formula is C11H8F2O2. The van der Waals surface area contributed by atoms with Gasteiger partial charge in [0.15, 0.2) is 0 Å². The molecule has 0 aliphatic carbocycles. The van der Waals surface area contributed by atoms with Gasteiger partial charge < -0.3 is 4.74 Å².